The van der Waals surface area contributed by atoms with Crippen molar-refractivity contribution in [1.82, 2.24) is 4.98 Å². The second-order valence-electron chi connectivity index (χ2n) is 5.92. The first-order valence-electron chi connectivity index (χ1n) is 7.68. The summed E-state index contributed by atoms with van der Waals surface area (Å²) in [5.41, 5.74) is 4.06. The van der Waals surface area contributed by atoms with Gasteiger partial charge in [-0.3, -0.25) is 9.59 Å². The first kappa shape index (κ1) is 18.0. The number of nitriles is 1. The van der Waals surface area contributed by atoms with Crippen LogP contribution in [0.4, 0.5) is 0 Å². The van der Waals surface area contributed by atoms with Gasteiger partial charge in [-0.25, -0.2) is 0 Å². The maximum atomic E-state index is 12.8. The van der Waals surface area contributed by atoms with E-state index in [4.69, 9.17) is 0 Å². The Kier molecular flexibility index (Phi) is 5.30. The van der Waals surface area contributed by atoms with Crippen LogP contribution >= 0.6 is 11.8 Å². The molecule has 1 aromatic heterocycles. The molecule has 1 atom stereocenters. The molecule has 1 unspecified atom stereocenters. The molecule has 0 aliphatic rings. The van der Waals surface area contributed by atoms with Gasteiger partial charge in [-0.1, -0.05) is 6.07 Å². The number of H-pyrrole nitrogens is 1. The predicted octanol–water partition coefficient (Wildman–Crippen LogP) is 4.38. The molecule has 0 amide bonds. The van der Waals surface area contributed by atoms with Crippen LogP contribution in [0.1, 0.15) is 57.1 Å². The summed E-state index contributed by atoms with van der Waals surface area (Å²) in [6, 6.07) is 7.79. The molecular formula is C19H20N2O2S. The van der Waals surface area contributed by atoms with Gasteiger partial charge in [-0.2, -0.15) is 5.26 Å². The summed E-state index contributed by atoms with van der Waals surface area (Å²) in [5, 5.41) is 8.90. The van der Waals surface area contributed by atoms with Crippen LogP contribution in [0.2, 0.25) is 0 Å². The van der Waals surface area contributed by atoms with E-state index < -0.39 is 0 Å². The molecule has 1 N–H and O–H groups in total. The monoisotopic (exact) mass is 340 g/mol. The SMILES string of the molecule is CC(=O)c1c(C)[nH]c(C(=O)C(C)Sc2ccc(C)cc2C#N)c1C. The van der Waals surface area contributed by atoms with E-state index in [1.807, 2.05) is 32.0 Å². The minimum atomic E-state index is -0.364. The molecule has 0 saturated carbocycles. The molecule has 1 heterocycles. The topological polar surface area (TPSA) is 73.7 Å². The Morgan fingerprint density at radius 2 is 1.92 bits per heavy atom. The third-order valence-electron chi connectivity index (χ3n) is 3.96. The second-order valence-corrected chi connectivity index (χ2v) is 7.30. The van der Waals surface area contributed by atoms with E-state index in [1.165, 1.54) is 18.7 Å². The van der Waals surface area contributed by atoms with Crippen LogP contribution in [0, 0.1) is 32.1 Å². The van der Waals surface area contributed by atoms with Gasteiger partial charge in [-0.05, 0) is 57.9 Å². The number of aromatic nitrogens is 1. The Labute approximate surface area is 146 Å². The van der Waals surface area contributed by atoms with E-state index in [0.29, 0.717) is 28.1 Å². The lowest BCUT2D eigenvalue weighted by Crippen LogP contribution is -2.15. The van der Waals surface area contributed by atoms with Crippen molar-refractivity contribution in [1.29, 1.82) is 5.26 Å². The van der Waals surface area contributed by atoms with Gasteiger partial charge < -0.3 is 4.98 Å². The smallest absolute Gasteiger partial charge is 0.192 e. The molecule has 1 aromatic carbocycles. The Morgan fingerprint density at radius 3 is 2.46 bits per heavy atom. The number of carbonyl (C=O) groups is 2. The summed E-state index contributed by atoms with van der Waals surface area (Å²) in [6.45, 7) is 8.83. The molecular weight excluding hydrogens is 320 g/mol. The van der Waals surface area contributed by atoms with Crippen LogP contribution in [0.15, 0.2) is 23.1 Å². The maximum absolute atomic E-state index is 12.8. The van der Waals surface area contributed by atoms with Crippen LogP contribution in [-0.4, -0.2) is 21.8 Å². The summed E-state index contributed by atoms with van der Waals surface area (Å²) in [5.74, 6) is -0.122. The number of nitrogens with zero attached hydrogens (tertiary/aromatic N) is 1. The average molecular weight is 340 g/mol. The molecule has 0 spiro atoms. The van der Waals surface area contributed by atoms with Crippen molar-refractivity contribution in [3.8, 4) is 6.07 Å². The van der Waals surface area contributed by atoms with E-state index in [0.717, 1.165) is 10.5 Å². The molecule has 0 saturated heterocycles. The van der Waals surface area contributed by atoms with Crippen LogP contribution in [0.5, 0.6) is 0 Å². The lowest BCUT2D eigenvalue weighted by Gasteiger charge is -2.11. The number of benzene rings is 1. The highest BCUT2D eigenvalue weighted by Gasteiger charge is 2.24. The number of aromatic amines is 1. The number of aryl methyl sites for hydroxylation is 2. The number of rotatable bonds is 5. The molecule has 0 fully saturated rings. The van der Waals surface area contributed by atoms with Crippen LogP contribution in [0.25, 0.3) is 0 Å². The van der Waals surface area contributed by atoms with Gasteiger partial charge in [0, 0.05) is 16.2 Å². The summed E-state index contributed by atoms with van der Waals surface area (Å²) >= 11 is 1.36. The van der Waals surface area contributed by atoms with Crippen molar-refractivity contribution >= 4 is 23.3 Å². The van der Waals surface area contributed by atoms with Crippen molar-refractivity contribution in [2.75, 3.05) is 0 Å². The fourth-order valence-electron chi connectivity index (χ4n) is 2.81. The highest BCUT2D eigenvalue weighted by atomic mass is 32.2. The second kappa shape index (κ2) is 7.06. The number of hydrogen-bond donors (Lipinski definition) is 1. The molecule has 2 rings (SSSR count). The fourth-order valence-corrected chi connectivity index (χ4v) is 3.79. The Hall–Kier alpha value is -2.32. The minimum Gasteiger partial charge on any atom is -0.355 e. The zero-order valence-electron chi connectivity index (χ0n) is 14.5. The quantitative estimate of drug-likeness (QED) is 0.647. The highest BCUT2D eigenvalue weighted by Crippen LogP contribution is 2.30. The minimum absolute atomic E-state index is 0.0501. The normalized spacial score (nSPS) is 11.8. The van der Waals surface area contributed by atoms with Gasteiger partial charge in [0.25, 0.3) is 0 Å². The lowest BCUT2D eigenvalue weighted by molar-refractivity contribution is 0.0988. The van der Waals surface area contributed by atoms with E-state index >= 15 is 0 Å². The molecule has 4 nitrogen and oxygen atoms in total. The van der Waals surface area contributed by atoms with Gasteiger partial charge in [0.2, 0.25) is 0 Å². The number of nitrogens with one attached hydrogen (secondary N) is 1. The third-order valence-corrected chi connectivity index (χ3v) is 5.14. The van der Waals surface area contributed by atoms with Gasteiger partial charge in [0.05, 0.1) is 16.5 Å². The Bertz CT molecular complexity index is 859. The van der Waals surface area contributed by atoms with Gasteiger partial charge >= 0.3 is 0 Å². The van der Waals surface area contributed by atoms with Crippen molar-refractivity contribution in [3.63, 3.8) is 0 Å². The fraction of sp³-hybridized carbons (Fsp3) is 0.316. The van der Waals surface area contributed by atoms with Crippen LogP contribution < -0.4 is 0 Å². The van der Waals surface area contributed by atoms with Gasteiger partial charge in [-0.15, -0.1) is 11.8 Å². The number of ketones is 2. The number of carbonyl (C=O) groups excluding carboxylic acids is 2. The number of thioether (sulfide) groups is 1. The molecule has 124 valence electrons. The molecule has 2 aromatic rings. The van der Waals surface area contributed by atoms with Crippen LogP contribution in [0.3, 0.4) is 0 Å². The largest absolute Gasteiger partial charge is 0.355 e. The molecule has 0 aliphatic carbocycles. The number of Topliss-reactive ketones (excluding diaryl/α,β-unsaturated/α-hetero) is 2. The standard InChI is InChI=1S/C19H20N2O2S/c1-10-6-7-16(15(8-10)9-20)24-14(5)19(23)18-11(2)17(13(4)22)12(3)21-18/h6-8,14,21H,1-5H3. The highest BCUT2D eigenvalue weighted by molar-refractivity contribution is 8.00. The van der Waals surface area contributed by atoms with Gasteiger partial charge in [0.1, 0.15) is 6.07 Å². The molecule has 0 aliphatic heterocycles. The lowest BCUT2D eigenvalue weighted by atomic mass is 10.0. The maximum Gasteiger partial charge on any atom is 0.192 e. The Balaban J connectivity index is 2.30. The summed E-state index contributed by atoms with van der Waals surface area (Å²) in [7, 11) is 0. The number of hydrogen-bond acceptors (Lipinski definition) is 4. The van der Waals surface area contributed by atoms with E-state index in [2.05, 4.69) is 11.1 Å². The van der Waals surface area contributed by atoms with Crippen molar-refractivity contribution in [2.24, 2.45) is 0 Å². The van der Waals surface area contributed by atoms with E-state index in [1.54, 1.807) is 13.8 Å². The van der Waals surface area contributed by atoms with E-state index in [-0.39, 0.29) is 16.8 Å². The molecule has 5 heteroatoms. The van der Waals surface area contributed by atoms with E-state index in [9.17, 15) is 14.9 Å². The summed E-state index contributed by atoms with van der Waals surface area (Å²) in [6.07, 6.45) is 0. The molecule has 24 heavy (non-hydrogen) atoms. The van der Waals surface area contributed by atoms with Crippen molar-refractivity contribution < 1.29 is 9.59 Å². The Morgan fingerprint density at radius 1 is 1.25 bits per heavy atom. The van der Waals surface area contributed by atoms with Crippen LogP contribution in [-0.2, 0) is 0 Å². The first-order chi connectivity index (χ1) is 11.3. The molecule has 0 radical (unpaired) electrons. The van der Waals surface area contributed by atoms with Crippen molar-refractivity contribution in [2.45, 2.75) is 44.8 Å². The zero-order chi connectivity index (χ0) is 18.0. The first-order valence-corrected chi connectivity index (χ1v) is 8.56. The third kappa shape index (κ3) is 3.44. The molecule has 0 bridgehead atoms. The zero-order valence-corrected chi connectivity index (χ0v) is 15.3. The summed E-state index contributed by atoms with van der Waals surface area (Å²) in [4.78, 5) is 28.3. The van der Waals surface area contributed by atoms with Crippen molar-refractivity contribution in [3.05, 3.63) is 51.8 Å². The average Bonchev–Trinajstić information content (AvgIpc) is 2.82. The summed E-state index contributed by atoms with van der Waals surface area (Å²) < 4.78 is 0. The van der Waals surface area contributed by atoms with Gasteiger partial charge in [0.15, 0.2) is 11.6 Å². The predicted molar refractivity (Wildman–Crippen MR) is 95.8 cm³/mol.